The van der Waals surface area contributed by atoms with Crippen LogP contribution in [0, 0.1) is 5.82 Å². The molecule has 10 heteroatoms. The van der Waals surface area contributed by atoms with E-state index >= 15 is 0 Å². The predicted molar refractivity (Wildman–Crippen MR) is 110 cm³/mol. The molecule has 0 saturated heterocycles. The molecule has 0 spiro atoms. The van der Waals surface area contributed by atoms with E-state index in [1.165, 1.54) is 60.6 Å². The summed E-state index contributed by atoms with van der Waals surface area (Å²) in [5.74, 6) is 0.252. The molecule has 0 bridgehead atoms. The van der Waals surface area contributed by atoms with Gasteiger partial charge in [-0.1, -0.05) is 12.1 Å². The molecule has 2 aromatic carbocycles. The third-order valence-electron chi connectivity index (χ3n) is 3.65. The average Bonchev–Trinajstić information content (AvgIpc) is 2.70. The molecule has 0 atom stereocenters. The van der Waals surface area contributed by atoms with Crippen LogP contribution in [0.5, 0.6) is 0 Å². The van der Waals surface area contributed by atoms with E-state index in [-0.39, 0.29) is 28.3 Å². The average molecular weight is 433 g/mol. The second kappa shape index (κ2) is 9.48. The lowest BCUT2D eigenvalue weighted by Gasteiger charge is -2.08. The van der Waals surface area contributed by atoms with Crippen LogP contribution in [0.25, 0.3) is 0 Å². The first-order valence-corrected chi connectivity index (χ1v) is 11.1. The number of aromatic nitrogens is 2. The molecular formula is C19H17FN4O3S2. The summed E-state index contributed by atoms with van der Waals surface area (Å²) < 4.78 is 39.8. The molecule has 1 aromatic heterocycles. The minimum atomic E-state index is -3.82. The smallest absolute Gasteiger partial charge is 0.264 e. The van der Waals surface area contributed by atoms with Crippen LogP contribution in [-0.2, 0) is 20.6 Å². The van der Waals surface area contributed by atoms with Crippen LogP contribution in [0.3, 0.4) is 0 Å². The van der Waals surface area contributed by atoms with Gasteiger partial charge in [-0.15, -0.1) is 11.8 Å². The highest BCUT2D eigenvalue weighted by molar-refractivity contribution is 7.99. The van der Waals surface area contributed by atoms with Crippen LogP contribution in [0.1, 0.15) is 5.56 Å². The number of benzene rings is 2. The number of halogens is 1. The quantitative estimate of drug-likeness (QED) is 0.567. The molecule has 1 amide bonds. The first-order valence-electron chi connectivity index (χ1n) is 8.44. The van der Waals surface area contributed by atoms with Gasteiger partial charge in [0.25, 0.3) is 10.0 Å². The SMILES string of the molecule is O=C(CSCc1ccc(F)cc1)Nc1ccc(S(=O)(=O)Nc2ncccn2)cc1. The highest BCUT2D eigenvalue weighted by Crippen LogP contribution is 2.17. The Labute approximate surface area is 171 Å². The van der Waals surface area contributed by atoms with Gasteiger partial charge in [-0.3, -0.25) is 4.79 Å². The fraction of sp³-hybridized carbons (Fsp3) is 0.105. The number of nitrogens with zero attached hydrogens (tertiary/aromatic N) is 2. The molecule has 0 fully saturated rings. The van der Waals surface area contributed by atoms with Crippen molar-refractivity contribution in [3.8, 4) is 0 Å². The third kappa shape index (κ3) is 6.26. The van der Waals surface area contributed by atoms with Crippen molar-refractivity contribution in [2.24, 2.45) is 0 Å². The van der Waals surface area contributed by atoms with Crippen LogP contribution >= 0.6 is 11.8 Å². The number of rotatable bonds is 8. The number of hydrogen-bond acceptors (Lipinski definition) is 6. The summed E-state index contributed by atoms with van der Waals surface area (Å²) in [6, 6.07) is 13.5. The van der Waals surface area contributed by atoms with Crippen LogP contribution in [0.4, 0.5) is 16.0 Å². The largest absolute Gasteiger partial charge is 0.325 e. The molecule has 0 aliphatic carbocycles. The molecule has 0 radical (unpaired) electrons. The first-order chi connectivity index (χ1) is 13.9. The first kappa shape index (κ1) is 20.7. The monoisotopic (exact) mass is 432 g/mol. The molecule has 150 valence electrons. The Balaban J connectivity index is 1.51. The van der Waals surface area contributed by atoms with Gasteiger partial charge in [0.1, 0.15) is 5.82 Å². The summed E-state index contributed by atoms with van der Waals surface area (Å²) >= 11 is 1.39. The maximum absolute atomic E-state index is 12.9. The lowest BCUT2D eigenvalue weighted by molar-refractivity contribution is -0.113. The van der Waals surface area contributed by atoms with Gasteiger partial charge in [0.05, 0.1) is 10.6 Å². The summed E-state index contributed by atoms with van der Waals surface area (Å²) in [6.45, 7) is 0. The van der Waals surface area contributed by atoms with E-state index in [2.05, 4.69) is 20.0 Å². The molecule has 3 aromatic rings. The van der Waals surface area contributed by atoms with Gasteiger partial charge >= 0.3 is 0 Å². The number of sulfonamides is 1. The molecule has 1 heterocycles. The number of amides is 1. The van der Waals surface area contributed by atoms with E-state index in [0.29, 0.717) is 11.4 Å². The van der Waals surface area contributed by atoms with E-state index in [0.717, 1.165) is 5.56 Å². The number of thioether (sulfide) groups is 1. The van der Waals surface area contributed by atoms with Gasteiger partial charge in [-0.2, -0.15) is 0 Å². The normalized spacial score (nSPS) is 11.1. The molecular weight excluding hydrogens is 415 g/mol. The molecule has 0 aliphatic heterocycles. The Morgan fingerprint density at radius 1 is 1.00 bits per heavy atom. The zero-order valence-electron chi connectivity index (χ0n) is 15.1. The minimum absolute atomic E-state index is 0.0219. The number of anilines is 2. The van der Waals surface area contributed by atoms with E-state index in [4.69, 9.17) is 0 Å². The topological polar surface area (TPSA) is 101 Å². The van der Waals surface area contributed by atoms with Crippen molar-refractivity contribution in [2.75, 3.05) is 15.8 Å². The lowest BCUT2D eigenvalue weighted by Crippen LogP contribution is -2.16. The van der Waals surface area contributed by atoms with Crippen molar-refractivity contribution < 1.29 is 17.6 Å². The van der Waals surface area contributed by atoms with Crippen LogP contribution < -0.4 is 10.0 Å². The predicted octanol–water partition coefficient (Wildman–Crippen LogP) is 3.29. The fourth-order valence-corrected chi connectivity index (χ4v) is 4.03. The Morgan fingerprint density at radius 3 is 2.31 bits per heavy atom. The summed E-state index contributed by atoms with van der Waals surface area (Å²) in [6.07, 6.45) is 2.86. The van der Waals surface area contributed by atoms with Crippen molar-refractivity contribution in [2.45, 2.75) is 10.6 Å². The highest BCUT2D eigenvalue weighted by atomic mass is 32.2. The van der Waals surface area contributed by atoms with Crippen LogP contribution in [0.2, 0.25) is 0 Å². The fourth-order valence-electron chi connectivity index (χ4n) is 2.29. The summed E-state index contributed by atoms with van der Waals surface area (Å²) in [4.78, 5) is 19.7. The maximum atomic E-state index is 12.9. The summed E-state index contributed by atoms with van der Waals surface area (Å²) in [5.41, 5.74) is 1.40. The number of carbonyl (C=O) groups excluding carboxylic acids is 1. The van der Waals surface area contributed by atoms with Gasteiger partial charge in [0, 0.05) is 23.8 Å². The summed E-state index contributed by atoms with van der Waals surface area (Å²) in [5, 5.41) is 2.71. The standard InChI is InChI=1S/C19H17FN4O3S2/c20-15-4-2-14(3-5-15)12-28-13-18(25)23-16-6-8-17(9-7-16)29(26,27)24-19-21-10-1-11-22-19/h1-11H,12-13H2,(H,23,25)(H,21,22,24). The molecule has 7 nitrogen and oxygen atoms in total. The highest BCUT2D eigenvalue weighted by Gasteiger charge is 2.15. The van der Waals surface area contributed by atoms with Crippen LogP contribution in [0.15, 0.2) is 71.9 Å². The Kier molecular flexibility index (Phi) is 6.78. The Hall–Kier alpha value is -2.98. The van der Waals surface area contributed by atoms with Gasteiger partial charge in [-0.05, 0) is 48.0 Å². The molecule has 0 unspecified atom stereocenters. The summed E-state index contributed by atoms with van der Waals surface area (Å²) in [7, 11) is -3.82. The number of nitrogens with one attached hydrogen (secondary N) is 2. The number of carbonyl (C=O) groups is 1. The van der Waals surface area contributed by atoms with Crippen molar-refractivity contribution in [3.63, 3.8) is 0 Å². The Bertz CT molecular complexity index is 1060. The molecule has 2 N–H and O–H groups in total. The molecule has 0 aliphatic rings. The van der Waals surface area contributed by atoms with E-state index in [1.54, 1.807) is 18.2 Å². The maximum Gasteiger partial charge on any atom is 0.264 e. The van der Waals surface area contributed by atoms with Crippen molar-refractivity contribution in [1.29, 1.82) is 0 Å². The van der Waals surface area contributed by atoms with Gasteiger partial charge in [0.15, 0.2) is 0 Å². The zero-order valence-corrected chi connectivity index (χ0v) is 16.7. The molecule has 29 heavy (non-hydrogen) atoms. The van der Waals surface area contributed by atoms with E-state index in [1.807, 2.05) is 0 Å². The number of hydrogen-bond donors (Lipinski definition) is 2. The Morgan fingerprint density at radius 2 is 1.66 bits per heavy atom. The zero-order chi connectivity index (χ0) is 20.7. The van der Waals surface area contributed by atoms with Crippen molar-refractivity contribution in [3.05, 3.63) is 78.4 Å². The second-order valence-corrected chi connectivity index (χ2v) is 8.54. The van der Waals surface area contributed by atoms with Crippen molar-refractivity contribution >= 4 is 39.3 Å². The van der Waals surface area contributed by atoms with Gasteiger partial charge in [0.2, 0.25) is 11.9 Å². The van der Waals surface area contributed by atoms with Crippen LogP contribution in [-0.4, -0.2) is 30.0 Å². The third-order valence-corrected chi connectivity index (χ3v) is 6.00. The molecule has 3 rings (SSSR count). The second-order valence-electron chi connectivity index (χ2n) is 5.87. The van der Waals surface area contributed by atoms with Crippen molar-refractivity contribution in [1.82, 2.24) is 9.97 Å². The van der Waals surface area contributed by atoms with Gasteiger partial charge < -0.3 is 5.32 Å². The van der Waals surface area contributed by atoms with Gasteiger partial charge in [-0.25, -0.2) is 27.5 Å². The van der Waals surface area contributed by atoms with E-state index < -0.39 is 10.0 Å². The molecule has 0 saturated carbocycles. The minimum Gasteiger partial charge on any atom is -0.325 e. The van der Waals surface area contributed by atoms with E-state index in [9.17, 15) is 17.6 Å². The lowest BCUT2D eigenvalue weighted by atomic mass is 10.2.